The number of hydrogen-bond acceptors (Lipinski definition) is 2. The summed E-state index contributed by atoms with van der Waals surface area (Å²) in [5, 5.41) is 1.70. The number of carbonyl (C=O) groups is 2. The number of carbonyl (C=O) groups excluding carboxylic acids is 2. The van der Waals surface area contributed by atoms with Crippen LogP contribution in [0.3, 0.4) is 0 Å². The standard InChI is InChI=1S/C25H18Cl3F6NO2/c1-3-4-16(36)9-13(2)35-23(37)17-7-5-14(10-19(17)25(32,33)34)6-8-18(24(29,30)31)15-11-20(26)22(28)21(27)12-15/h1,5-8,10-13,18H,4,9H2,2H3,(H,35,37)/b8-6+/t13-,18?/m1/s1. The average Bonchev–Trinajstić information content (AvgIpc) is 2.75. The smallest absolute Gasteiger partial charge is 0.349 e. The number of allylic oxidation sites excluding steroid dienone is 1. The van der Waals surface area contributed by atoms with Gasteiger partial charge in [0.25, 0.3) is 5.91 Å². The number of Topliss-reactive ketones (excluding diaryl/α,β-unsaturated/α-hetero) is 1. The zero-order chi connectivity index (χ0) is 28.1. The fourth-order valence-electron chi connectivity index (χ4n) is 3.35. The Morgan fingerprint density at radius 2 is 1.65 bits per heavy atom. The molecule has 1 amide bonds. The van der Waals surface area contributed by atoms with Crippen LogP contribution in [-0.4, -0.2) is 23.9 Å². The van der Waals surface area contributed by atoms with E-state index in [1.54, 1.807) is 0 Å². The lowest BCUT2D eigenvalue weighted by atomic mass is 9.96. The zero-order valence-electron chi connectivity index (χ0n) is 18.9. The average molecular weight is 585 g/mol. The molecule has 2 aromatic carbocycles. The molecule has 3 nitrogen and oxygen atoms in total. The zero-order valence-corrected chi connectivity index (χ0v) is 21.2. The van der Waals surface area contributed by atoms with Crippen molar-refractivity contribution in [1.82, 2.24) is 5.32 Å². The van der Waals surface area contributed by atoms with Crippen LogP contribution < -0.4 is 5.32 Å². The van der Waals surface area contributed by atoms with Gasteiger partial charge in [-0.3, -0.25) is 9.59 Å². The Labute approximate surface area is 223 Å². The first-order valence-electron chi connectivity index (χ1n) is 10.4. The summed E-state index contributed by atoms with van der Waals surface area (Å²) in [4.78, 5) is 24.1. The molecule has 198 valence electrons. The molecule has 0 fully saturated rings. The molecule has 0 saturated carbocycles. The van der Waals surface area contributed by atoms with Crippen molar-refractivity contribution in [2.45, 2.75) is 44.1 Å². The van der Waals surface area contributed by atoms with Gasteiger partial charge in [0, 0.05) is 12.5 Å². The highest BCUT2D eigenvalue weighted by molar-refractivity contribution is 6.48. The molecule has 0 bridgehead atoms. The second kappa shape index (κ2) is 12.2. The molecule has 0 aliphatic rings. The number of halogens is 9. The van der Waals surface area contributed by atoms with Crippen molar-refractivity contribution < 1.29 is 35.9 Å². The number of rotatable bonds is 8. The van der Waals surface area contributed by atoms with E-state index < -0.39 is 41.3 Å². The number of benzene rings is 2. The van der Waals surface area contributed by atoms with E-state index in [0.717, 1.165) is 30.3 Å². The van der Waals surface area contributed by atoms with E-state index in [-0.39, 0.29) is 44.8 Å². The minimum absolute atomic E-state index is 0.143. The Morgan fingerprint density at radius 1 is 1.05 bits per heavy atom. The van der Waals surface area contributed by atoms with E-state index in [1.165, 1.54) is 6.92 Å². The molecule has 0 heterocycles. The molecule has 0 aliphatic carbocycles. The summed E-state index contributed by atoms with van der Waals surface area (Å²) in [6, 6.07) is 3.57. The van der Waals surface area contributed by atoms with Crippen LogP contribution >= 0.6 is 34.8 Å². The molecule has 2 atom stereocenters. The lowest BCUT2D eigenvalue weighted by Gasteiger charge is -2.19. The molecule has 12 heteroatoms. The normalized spacial score (nSPS) is 13.8. The molecule has 0 saturated heterocycles. The van der Waals surface area contributed by atoms with Crippen LogP contribution in [-0.2, 0) is 11.0 Å². The predicted molar refractivity (Wildman–Crippen MR) is 131 cm³/mol. The van der Waals surface area contributed by atoms with Crippen LogP contribution in [0.2, 0.25) is 15.1 Å². The van der Waals surface area contributed by atoms with E-state index in [0.29, 0.717) is 12.1 Å². The van der Waals surface area contributed by atoms with Crippen LogP contribution in [0.5, 0.6) is 0 Å². The molecule has 2 aromatic rings. The third-order valence-electron chi connectivity index (χ3n) is 5.00. The highest BCUT2D eigenvalue weighted by atomic mass is 35.5. The van der Waals surface area contributed by atoms with Gasteiger partial charge in [0.1, 0.15) is 5.78 Å². The quantitative estimate of drug-likeness (QED) is 0.193. The molecule has 1 N–H and O–H groups in total. The van der Waals surface area contributed by atoms with Crippen LogP contribution in [0.4, 0.5) is 26.3 Å². The van der Waals surface area contributed by atoms with Crippen molar-refractivity contribution in [2.75, 3.05) is 0 Å². The monoisotopic (exact) mass is 583 g/mol. The third-order valence-corrected chi connectivity index (χ3v) is 6.20. The highest BCUT2D eigenvalue weighted by Gasteiger charge is 2.40. The maximum Gasteiger partial charge on any atom is 0.417 e. The Morgan fingerprint density at radius 3 is 2.16 bits per heavy atom. The summed E-state index contributed by atoms with van der Waals surface area (Å²) in [5.41, 5.74) is -2.75. The molecule has 1 unspecified atom stereocenters. The lowest BCUT2D eigenvalue weighted by Crippen LogP contribution is -2.35. The maximum atomic E-state index is 13.7. The first kappa shape index (κ1) is 30.6. The molecule has 0 spiro atoms. The van der Waals surface area contributed by atoms with E-state index in [9.17, 15) is 35.9 Å². The lowest BCUT2D eigenvalue weighted by molar-refractivity contribution is -0.139. The molecule has 37 heavy (non-hydrogen) atoms. The van der Waals surface area contributed by atoms with E-state index >= 15 is 0 Å². The van der Waals surface area contributed by atoms with Gasteiger partial charge in [-0.1, -0.05) is 58.9 Å². The van der Waals surface area contributed by atoms with E-state index in [4.69, 9.17) is 41.2 Å². The first-order valence-corrected chi connectivity index (χ1v) is 11.5. The Kier molecular flexibility index (Phi) is 10.1. The Balaban J connectivity index is 2.40. The number of alkyl halides is 6. The largest absolute Gasteiger partial charge is 0.417 e. The second-order valence-electron chi connectivity index (χ2n) is 7.98. The van der Waals surface area contributed by atoms with Crippen molar-refractivity contribution in [3.8, 4) is 12.3 Å². The summed E-state index contributed by atoms with van der Waals surface area (Å²) in [6.45, 7) is 1.42. The van der Waals surface area contributed by atoms with Gasteiger partial charge in [0.2, 0.25) is 0 Å². The van der Waals surface area contributed by atoms with Gasteiger partial charge in [-0.25, -0.2) is 0 Å². The number of hydrogen-bond donors (Lipinski definition) is 1. The molecule has 0 radical (unpaired) electrons. The van der Waals surface area contributed by atoms with Crippen molar-refractivity contribution in [2.24, 2.45) is 0 Å². The SMILES string of the molecule is C#CCC(=O)C[C@@H](C)NC(=O)c1ccc(/C=C/C(c2cc(Cl)c(Cl)c(Cl)c2)C(F)(F)F)cc1C(F)(F)F. The number of ketones is 1. The van der Waals surface area contributed by atoms with E-state index in [1.807, 2.05) is 0 Å². The van der Waals surface area contributed by atoms with Crippen molar-refractivity contribution in [1.29, 1.82) is 0 Å². The molecular weight excluding hydrogens is 567 g/mol. The summed E-state index contributed by atoms with van der Waals surface area (Å²) in [5.74, 6) is -1.62. The third kappa shape index (κ3) is 8.42. The fourth-order valence-corrected chi connectivity index (χ4v) is 3.96. The van der Waals surface area contributed by atoms with Gasteiger partial charge in [-0.05, 0) is 42.3 Å². The van der Waals surface area contributed by atoms with Gasteiger partial charge in [0.05, 0.1) is 38.5 Å². The van der Waals surface area contributed by atoms with Gasteiger partial charge in [-0.2, -0.15) is 26.3 Å². The molecular formula is C25H18Cl3F6NO2. The summed E-state index contributed by atoms with van der Waals surface area (Å²) in [7, 11) is 0. The van der Waals surface area contributed by atoms with Crippen LogP contribution in [0.1, 0.15) is 52.7 Å². The highest BCUT2D eigenvalue weighted by Crippen LogP contribution is 2.41. The second-order valence-corrected chi connectivity index (χ2v) is 9.17. The summed E-state index contributed by atoms with van der Waals surface area (Å²) < 4.78 is 82.3. The number of terminal acetylenes is 1. The number of nitrogens with one attached hydrogen (secondary N) is 1. The van der Waals surface area contributed by atoms with E-state index in [2.05, 4.69) is 11.2 Å². The minimum atomic E-state index is -5.00. The van der Waals surface area contributed by atoms with Gasteiger partial charge in [-0.15, -0.1) is 6.42 Å². The molecule has 2 rings (SSSR count). The van der Waals surface area contributed by atoms with Gasteiger partial charge >= 0.3 is 12.4 Å². The van der Waals surface area contributed by atoms with Crippen LogP contribution in [0.25, 0.3) is 6.08 Å². The van der Waals surface area contributed by atoms with Crippen molar-refractivity contribution >= 4 is 52.6 Å². The Bertz CT molecular complexity index is 1230. The topological polar surface area (TPSA) is 46.2 Å². The Hall–Kier alpha value is -2.67. The predicted octanol–water partition coefficient (Wildman–Crippen LogP) is 8.13. The van der Waals surface area contributed by atoms with Crippen LogP contribution in [0, 0.1) is 12.3 Å². The fraction of sp³-hybridized carbons (Fsp3) is 0.280. The molecule has 0 aromatic heterocycles. The van der Waals surface area contributed by atoms with Gasteiger partial charge in [0.15, 0.2) is 0 Å². The van der Waals surface area contributed by atoms with Crippen molar-refractivity contribution in [3.05, 3.63) is 73.7 Å². The number of amides is 1. The van der Waals surface area contributed by atoms with Crippen molar-refractivity contribution in [3.63, 3.8) is 0 Å². The minimum Gasteiger partial charge on any atom is -0.349 e. The van der Waals surface area contributed by atoms with Gasteiger partial charge < -0.3 is 5.32 Å². The first-order chi connectivity index (χ1) is 17.0. The molecule has 0 aliphatic heterocycles. The summed E-state index contributed by atoms with van der Waals surface area (Å²) >= 11 is 17.4. The summed E-state index contributed by atoms with van der Waals surface area (Å²) in [6.07, 6.45) is -3.70. The maximum absolute atomic E-state index is 13.7. The van der Waals surface area contributed by atoms with Crippen LogP contribution in [0.15, 0.2) is 36.4 Å².